The van der Waals surface area contributed by atoms with E-state index in [1.165, 1.54) is 0 Å². The normalized spacial score (nSPS) is 9.86. The molecule has 0 saturated heterocycles. The van der Waals surface area contributed by atoms with Gasteiger partial charge in [0, 0.05) is 18.2 Å². The number of hydrogen-bond donors (Lipinski definition) is 1. The lowest BCUT2D eigenvalue weighted by Gasteiger charge is -2.16. The molecule has 2 aromatic rings. The fourth-order valence-electron chi connectivity index (χ4n) is 2.06. The quantitative estimate of drug-likeness (QED) is 0.878. The van der Waals surface area contributed by atoms with E-state index >= 15 is 0 Å². The summed E-state index contributed by atoms with van der Waals surface area (Å²) in [6, 6.07) is 9.23. The summed E-state index contributed by atoms with van der Waals surface area (Å²) in [5.74, 6) is 6.45. The summed E-state index contributed by atoms with van der Waals surface area (Å²) in [4.78, 5) is 14.1. The molecule has 2 N–H and O–H groups in total. The van der Waals surface area contributed by atoms with Crippen LogP contribution in [0.25, 0.3) is 0 Å². The molecule has 0 spiro atoms. The summed E-state index contributed by atoms with van der Waals surface area (Å²) >= 11 is 0. The average Bonchev–Trinajstić information content (AvgIpc) is 2.96. The van der Waals surface area contributed by atoms with Crippen molar-refractivity contribution >= 4 is 5.91 Å². The van der Waals surface area contributed by atoms with Gasteiger partial charge in [-0.25, -0.2) is 0 Å². The molecule has 108 valence electrons. The Morgan fingerprint density at radius 3 is 2.86 bits per heavy atom. The topological polar surface area (TPSA) is 59.5 Å². The van der Waals surface area contributed by atoms with Crippen LogP contribution in [-0.4, -0.2) is 24.4 Å². The second-order valence-corrected chi connectivity index (χ2v) is 4.83. The van der Waals surface area contributed by atoms with Gasteiger partial charge in [0.25, 0.3) is 5.91 Å². The summed E-state index contributed by atoms with van der Waals surface area (Å²) in [5, 5.41) is 0. The van der Waals surface area contributed by atoms with Gasteiger partial charge in [0.15, 0.2) is 0 Å². The van der Waals surface area contributed by atoms with Crippen molar-refractivity contribution in [1.82, 2.24) is 4.90 Å². The molecule has 0 bridgehead atoms. The molecule has 1 amide bonds. The van der Waals surface area contributed by atoms with Crippen LogP contribution in [-0.2, 0) is 6.54 Å². The molecule has 0 atom stereocenters. The van der Waals surface area contributed by atoms with Crippen molar-refractivity contribution in [2.24, 2.45) is 5.73 Å². The Kier molecular flexibility index (Phi) is 4.81. The van der Waals surface area contributed by atoms with E-state index in [1.54, 1.807) is 30.3 Å². The van der Waals surface area contributed by atoms with E-state index in [2.05, 4.69) is 11.8 Å². The first-order valence-electron chi connectivity index (χ1n) is 6.68. The third-order valence-electron chi connectivity index (χ3n) is 2.98. The van der Waals surface area contributed by atoms with Crippen LogP contribution in [0.4, 0.5) is 0 Å². The fourth-order valence-corrected chi connectivity index (χ4v) is 2.06. The molecule has 0 unspecified atom stereocenters. The molecule has 21 heavy (non-hydrogen) atoms. The second kappa shape index (κ2) is 6.78. The Balaban J connectivity index is 2.20. The zero-order valence-corrected chi connectivity index (χ0v) is 12.2. The molecule has 4 nitrogen and oxygen atoms in total. The first-order chi connectivity index (χ1) is 10.1. The van der Waals surface area contributed by atoms with Crippen molar-refractivity contribution < 1.29 is 9.21 Å². The number of furan rings is 1. The monoisotopic (exact) mass is 282 g/mol. The van der Waals surface area contributed by atoms with Crippen LogP contribution in [0.5, 0.6) is 0 Å². The number of hydrogen-bond acceptors (Lipinski definition) is 3. The van der Waals surface area contributed by atoms with Gasteiger partial charge in [0.2, 0.25) is 0 Å². The fraction of sp³-hybridized carbons (Fsp3) is 0.235. The van der Waals surface area contributed by atoms with Crippen LogP contribution in [0, 0.1) is 18.8 Å². The summed E-state index contributed by atoms with van der Waals surface area (Å²) in [7, 11) is 1.75. The summed E-state index contributed by atoms with van der Waals surface area (Å²) < 4.78 is 5.26. The lowest BCUT2D eigenvalue weighted by molar-refractivity contribution is 0.0775. The van der Waals surface area contributed by atoms with E-state index in [0.717, 1.165) is 16.9 Å². The molecule has 1 aromatic heterocycles. The number of rotatable bonds is 3. The average molecular weight is 282 g/mol. The Morgan fingerprint density at radius 2 is 2.19 bits per heavy atom. The Bertz CT molecular complexity index is 679. The Labute approximate surface area is 124 Å². The molecule has 0 saturated carbocycles. The highest BCUT2D eigenvalue weighted by atomic mass is 16.3. The molecule has 0 fully saturated rings. The maximum atomic E-state index is 12.5. The first kappa shape index (κ1) is 14.9. The molecular weight excluding hydrogens is 264 g/mol. The van der Waals surface area contributed by atoms with Crippen molar-refractivity contribution in [2.75, 3.05) is 13.6 Å². The van der Waals surface area contributed by atoms with Crippen LogP contribution in [0.1, 0.15) is 27.2 Å². The van der Waals surface area contributed by atoms with Gasteiger partial charge < -0.3 is 15.1 Å². The largest absolute Gasteiger partial charge is 0.467 e. The third-order valence-corrected chi connectivity index (χ3v) is 2.98. The summed E-state index contributed by atoms with van der Waals surface area (Å²) in [5.41, 5.74) is 7.79. The Morgan fingerprint density at radius 1 is 1.38 bits per heavy atom. The van der Waals surface area contributed by atoms with Crippen molar-refractivity contribution in [3.8, 4) is 11.8 Å². The first-order valence-corrected chi connectivity index (χ1v) is 6.68. The SMILES string of the molecule is Cc1cc(C#CCN)cc(C(=O)N(C)Cc2ccco2)c1. The molecule has 0 aliphatic carbocycles. The maximum absolute atomic E-state index is 12.5. The van der Waals surface area contributed by atoms with Gasteiger partial charge in [-0.3, -0.25) is 4.79 Å². The highest BCUT2D eigenvalue weighted by Gasteiger charge is 2.14. The van der Waals surface area contributed by atoms with Gasteiger partial charge in [-0.2, -0.15) is 0 Å². The lowest BCUT2D eigenvalue weighted by Crippen LogP contribution is -2.26. The molecule has 1 aromatic carbocycles. The molecule has 4 heteroatoms. The zero-order chi connectivity index (χ0) is 15.2. The molecular formula is C17H18N2O2. The van der Waals surface area contributed by atoms with Crippen LogP contribution in [0.3, 0.4) is 0 Å². The minimum Gasteiger partial charge on any atom is -0.467 e. The number of benzene rings is 1. The highest BCUT2D eigenvalue weighted by molar-refractivity contribution is 5.94. The second-order valence-electron chi connectivity index (χ2n) is 4.83. The van der Waals surface area contributed by atoms with Gasteiger partial charge in [-0.05, 0) is 42.8 Å². The van der Waals surface area contributed by atoms with Gasteiger partial charge in [0.05, 0.1) is 19.4 Å². The number of carbonyl (C=O) groups excluding carboxylic acids is 1. The van der Waals surface area contributed by atoms with Crippen molar-refractivity contribution in [2.45, 2.75) is 13.5 Å². The smallest absolute Gasteiger partial charge is 0.254 e. The zero-order valence-electron chi connectivity index (χ0n) is 12.2. The number of carbonyl (C=O) groups is 1. The van der Waals surface area contributed by atoms with Gasteiger partial charge in [-0.1, -0.05) is 11.8 Å². The number of aryl methyl sites for hydroxylation is 1. The summed E-state index contributed by atoms with van der Waals surface area (Å²) in [6.07, 6.45) is 1.60. The molecule has 0 aliphatic heterocycles. The molecule has 2 rings (SSSR count). The standard InChI is InChI=1S/C17H18N2O2/c1-13-9-14(5-3-7-18)11-15(10-13)17(20)19(2)12-16-6-4-8-21-16/h4,6,8-11H,7,12,18H2,1-2H3. The summed E-state index contributed by atoms with van der Waals surface area (Å²) in [6.45, 7) is 2.68. The number of amides is 1. The van der Waals surface area contributed by atoms with Crippen LogP contribution < -0.4 is 5.73 Å². The number of nitrogens with two attached hydrogens (primary N) is 1. The van der Waals surface area contributed by atoms with Crippen LogP contribution in [0.15, 0.2) is 41.0 Å². The highest BCUT2D eigenvalue weighted by Crippen LogP contribution is 2.13. The van der Waals surface area contributed by atoms with E-state index in [0.29, 0.717) is 18.7 Å². The van der Waals surface area contributed by atoms with E-state index in [-0.39, 0.29) is 5.91 Å². The van der Waals surface area contributed by atoms with E-state index in [4.69, 9.17) is 10.2 Å². The minimum atomic E-state index is -0.0640. The molecule has 1 heterocycles. The minimum absolute atomic E-state index is 0.0640. The molecule has 0 aliphatic rings. The van der Waals surface area contributed by atoms with Gasteiger partial charge in [-0.15, -0.1) is 0 Å². The van der Waals surface area contributed by atoms with Crippen LogP contribution in [0.2, 0.25) is 0 Å². The Hall–Kier alpha value is -2.51. The van der Waals surface area contributed by atoms with E-state index < -0.39 is 0 Å². The van der Waals surface area contributed by atoms with Crippen molar-refractivity contribution in [3.63, 3.8) is 0 Å². The van der Waals surface area contributed by atoms with Crippen molar-refractivity contribution in [3.05, 3.63) is 59.0 Å². The predicted octanol–water partition coefficient (Wildman–Crippen LogP) is 2.17. The van der Waals surface area contributed by atoms with Crippen molar-refractivity contribution in [1.29, 1.82) is 0 Å². The molecule has 0 radical (unpaired) electrons. The van der Waals surface area contributed by atoms with Gasteiger partial charge >= 0.3 is 0 Å². The maximum Gasteiger partial charge on any atom is 0.254 e. The lowest BCUT2D eigenvalue weighted by atomic mass is 10.1. The van der Waals surface area contributed by atoms with E-state index in [9.17, 15) is 4.79 Å². The van der Waals surface area contributed by atoms with Gasteiger partial charge in [0.1, 0.15) is 5.76 Å². The predicted molar refractivity (Wildman–Crippen MR) is 81.6 cm³/mol. The van der Waals surface area contributed by atoms with E-state index in [1.807, 2.05) is 25.1 Å². The van der Waals surface area contributed by atoms with Crippen LogP contribution >= 0.6 is 0 Å². The number of nitrogens with zero attached hydrogens (tertiary/aromatic N) is 1. The third kappa shape index (κ3) is 3.98.